The number of nitrogens with zero attached hydrogens (tertiary/aromatic N) is 2. The molecular formula is C12H17FIKN2O. The minimum atomic E-state index is -1.55. The van der Waals surface area contributed by atoms with Gasteiger partial charge in [0.15, 0.2) is 0 Å². The SMILES string of the molecule is Cc1onc2c1[C](C)([K])C(I)N(C(C)C)C2(C)F. The molecule has 96 valence electrons. The first-order chi connectivity index (χ1) is 8.11. The molecule has 1 aromatic rings. The summed E-state index contributed by atoms with van der Waals surface area (Å²) < 4.78 is 20.6. The Morgan fingerprint density at radius 1 is 1.50 bits per heavy atom. The first-order valence-electron chi connectivity index (χ1n) is 6.20. The van der Waals surface area contributed by atoms with Crippen LogP contribution in [0.4, 0.5) is 4.39 Å². The molecule has 2 heterocycles. The Kier molecular flexibility index (Phi) is 4.43. The monoisotopic (exact) mass is 390 g/mol. The van der Waals surface area contributed by atoms with E-state index in [9.17, 15) is 0 Å². The summed E-state index contributed by atoms with van der Waals surface area (Å²) in [6.07, 6.45) is 0. The third-order valence-electron chi connectivity index (χ3n) is 3.82. The summed E-state index contributed by atoms with van der Waals surface area (Å²) in [4.78, 5) is 1.92. The molecule has 0 radical (unpaired) electrons. The van der Waals surface area contributed by atoms with E-state index in [1.807, 2.05) is 25.7 Å². The first-order valence-corrected chi connectivity index (χ1v) is 9.01. The van der Waals surface area contributed by atoms with Gasteiger partial charge in [-0.15, -0.1) is 0 Å². The molecule has 1 aliphatic heterocycles. The number of halogens is 2. The van der Waals surface area contributed by atoms with Crippen LogP contribution in [0, 0.1) is 6.92 Å². The molecule has 0 spiro atoms. The third-order valence-corrected chi connectivity index (χ3v) is 9.45. The van der Waals surface area contributed by atoms with E-state index in [0.29, 0.717) is 54.6 Å². The summed E-state index contributed by atoms with van der Waals surface area (Å²) in [6, 6.07) is 0.133. The number of alkyl halides is 2. The Morgan fingerprint density at radius 3 is 2.56 bits per heavy atom. The van der Waals surface area contributed by atoms with Gasteiger partial charge >= 0.3 is 158 Å². The molecule has 0 amide bonds. The zero-order valence-electron chi connectivity index (χ0n) is 11.7. The summed E-state index contributed by atoms with van der Waals surface area (Å²) in [7, 11) is 0. The van der Waals surface area contributed by atoms with Crippen LogP contribution in [0.5, 0.6) is 0 Å². The van der Waals surface area contributed by atoms with Gasteiger partial charge in [0.05, 0.1) is 0 Å². The van der Waals surface area contributed by atoms with Crippen LogP contribution >= 0.6 is 22.6 Å². The Hall–Kier alpha value is 1.47. The number of fused-ring (bicyclic) bond motifs is 1. The second-order valence-electron chi connectivity index (χ2n) is 5.97. The van der Waals surface area contributed by atoms with Gasteiger partial charge in [-0.1, -0.05) is 0 Å². The topological polar surface area (TPSA) is 29.3 Å². The van der Waals surface area contributed by atoms with Crippen molar-refractivity contribution in [1.82, 2.24) is 10.1 Å². The van der Waals surface area contributed by atoms with Crippen LogP contribution in [-0.4, -0.2) is 69.1 Å². The van der Waals surface area contributed by atoms with Gasteiger partial charge in [-0.3, -0.25) is 0 Å². The van der Waals surface area contributed by atoms with Crippen LogP contribution in [0.15, 0.2) is 4.52 Å². The molecule has 18 heavy (non-hydrogen) atoms. The van der Waals surface area contributed by atoms with Crippen LogP contribution in [0.25, 0.3) is 0 Å². The molecular weight excluding hydrogens is 373 g/mol. The Bertz CT molecular complexity index is 473. The van der Waals surface area contributed by atoms with Crippen molar-refractivity contribution in [2.75, 3.05) is 0 Å². The fraction of sp³-hybridized carbons (Fsp3) is 0.750. The van der Waals surface area contributed by atoms with Crippen LogP contribution in [0.2, 0.25) is 0 Å². The molecule has 0 aromatic carbocycles. The molecule has 0 N–H and O–H groups in total. The van der Waals surface area contributed by atoms with E-state index >= 15 is 4.39 Å². The Morgan fingerprint density at radius 2 is 2.06 bits per heavy atom. The Balaban J connectivity index is 2.70. The molecule has 3 unspecified atom stereocenters. The normalized spacial score (nSPS) is 37.1. The predicted molar refractivity (Wildman–Crippen MR) is 77.6 cm³/mol. The van der Waals surface area contributed by atoms with Gasteiger partial charge in [-0.05, 0) is 0 Å². The van der Waals surface area contributed by atoms with Gasteiger partial charge in [0.1, 0.15) is 0 Å². The van der Waals surface area contributed by atoms with Crippen LogP contribution < -0.4 is 0 Å². The summed E-state index contributed by atoms with van der Waals surface area (Å²) in [6.45, 7) is 9.76. The molecule has 3 nitrogen and oxygen atoms in total. The molecule has 0 aliphatic carbocycles. The van der Waals surface area contributed by atoms with Crippen molar-refractivity contribution in [3.63, 3.8) is 0 Å². The molecule has 0 fully saturated rings. The van der Waals surface area contributed by atoms with Crippen LogP contribution in [-0.2, 0) is 5.30 Å². The van der Waals surface area contributed by atoms with Crippen molar-refractivity contribution in [3.8, 4) is 0 Å². The second kappa shape index (κ2) is 5.03. The molecule has 1 aliphatic rings. The third kappa shape index (κ3) is 2.19. The number of hydrogen-bond donors (Lipinski definition) is 0. The van der Waals surface area contributed by atoms with Crippen LogP contribution in [0.3, 0.4) is 0 Å². The number of aromatic nitrogens is 1. The maximum absolute atomic E-state index is 15.2. The summed E-state index contributed by atoms with van der Waals surface area (Å²) in [5, 5.41) is 4.01. The van der Waals surface area contributed by atoms with E-state index in [4.69, 9.17) is 4.52 Å². The van der Waals surface area contributed by atoms with Crippen molar-refractivity contribution in [2.45, 2.75) is 50.0 Å². The zero-order chi connectivity index (χ0) is 13.9. The zero-order valence-corrected chi connectivity index (χ0v) is 17.0. The van der Waals surface area contributed by atoms with Crippen molar-refractivity contribution in [3.05, 3.63) is 17.0 Å². The van der Waals surface area contributed by atoms with Crippen molar-refractivity contribution >= 4 is 71.5 Å². The van der Waals surface area contributed by atoms with Crippen molar-refractivity contribution in [1.29, 1.82) is 0 Å². The van der Waals surface area contributed by atoms with E-state index < -0.39 is 5.79 Å². The van der Waals surface area contributed by atoms with Gasteiger partial charge in [-0.2, -0.15) is 0 Å². The fourth-order valence-corrected chi connectivity index (χ4v) is 5.82. The van der Waals surface area contributed by atoms with Gasteiger partial charge in [0.25, 0.3) is 0 Å². The van der Waals surface area contributed by atoms with Gasteiger partial charge in [-0.25, -0.2) is 0 Å². The van der Waals surface area contributed by atoms with Crippen LogP contribution in [0.1, 0.15) is 44.7 Å². The van der Waals surface area contributed by atoms with E-state index in [-0.39, 0.29) is 9.60 Å². The summed E-state index contributed by atoms with van der Waals surface area (Å²) >= 11 is 2.89. The standard InChI is InChI=1S/C12H17FIN2O.K/c1-6(2)16-11(14)7(3)9-8(4)17-15-10(9)12(16,5)13;/h6,11H,1-5H3;. The summed E-state index contributed by atoms with van der Waals surface area (Å²) in [5.41, 5.74) is 1.49. The minimum absolute atomic E-state index is 0.00282. The van der Waals surface area contributed by atoms with Gasteiger partial charge in [0.2, 0.25) is 0 Å². The molecule has 0 bridgehead atoms. The molecule has 1 aromatic heterocycles. The molecule has 0 saturated heterocycles. The average molecular weight is 390 g/mol. The number of aryl methyl sites for hydroxylation is 1. The quantitative estimate of drug-likeness (QED) is 0.320. The van der Waals surface area contributed by atoms with Crippen molar-refractivity contribution in [2.24, 2.45) is 0 Å². The number of rotatable bonds is 1. The molecule has 0 saturated carbocycles. The van der Waals surface area contributed by atoms with Crippen molar-refractivity contribution < 1.29 is 8.91 Å². The van der Waals surface area contributed by atoms with E-state index in [1.165, 1.54) is 0 Å². The average Bonchev–Trinajstić information content (AvgIpc) is 2.58. The fourth-order valence-electron chi connectivity index (χ4n) is 2.99. The van der Waals surface area contributed by atoms with E-state index in [1.54, 1.807) is 6.92 Å². The number of hydrogen-bond acceptors (Lipinski definition) is 3. The molecule has 6 heteroatoms. The van der Waals surface area contributed by atoms with E-state index in [0.717, 1.165) is 11.3 Å². The summed E-state index contributed by atoms with van der Waals surface area (Å²) in [5.74, 6) is -0.778. The second-order valence-corrected chi connectivity index (χ2v) is 10.4. The van der Waals surface area contributed by atoms with E-state index in [2.05, 4.69) is 34.7 Å². The molecule has 2 rings (SSSR count). The van der Waals surface area contributed by atoms with Gasteiger partial charge < -0.3 is 0 Å². The Labute approximate surface area is 155 Å². The molecule has 3 atom stereocenters. The predicted octanol–water partition coefficient (Wildman–Crippen LogP) is 2.99. The van der Waals surface area contributed by atoms with Gasteiger partial charge in [0, 0.05) is 0 Å². The first kappa shape index (κ1) is 15.8. The maximum atomic E-state index is 15.2.